The molecule has 8 fully saturated rings. The van der Waals surface area contributed by atoms with Gasteiger partial charge in [0, 0.05) is 22.3 Å². The Morgan fingerprint density at radius 2 is 0.881 bits per heavy atom. The van der Waals surface area contributed by atoms with E-state index in [1.807, 2.05) is 12.1 Å². The molecule has 15 rings (SSSR count). The Balaban J connectivity index is 0.851. The lowest BCUT2D eigenvalue weighted by atomic mass is 9.48. The van der Waals surface area contributed by atoms with Gasteiger partial charge in [-0.25, -0.2) is 15.0 Å². The van der Waals surface area contributed by atoms with E-state index in [9.17, 15) is 0 Å². The van der Waals surface area contributed by atoms with Gasteiger partial charge in [-0.15, -0.1) is 0 Å². The number of oxazole rings is 1. The first-order valence-electron chi connectivity index (χ1n) is 22.6. The number of aromatic nitrogens is 3. The van der Waals surface area contributed by atoms with Gasteiger partial charge >= 0.3 is 0 Å². The molecule has 2 aromatic heterocycles. The van der Waals surface area contributed by atoms with Crippen LogP contribution >= 0.6 is 0 Å². The molecule has 0 atom stereocenters. The molecule has 8 saturated carbocycles. The number of hydrogen-bond acceptors (Lipinski definition) is 4. The average molecular weight is 770 g/mol. The Morgan fingerprint density at radius 1 is 0.424 bits per heavy atom. The number of fused-ring (bicyclic) bond motifs is 1. The molecule has 0 amide bonds. The molecule has 4 nitrogen and oxygen atoms in total. The predicted molar refractivity (Wildman–Crippen MR) is 236 cm³/mol. The molecule has 0 spiro atoms. The molecule has 292 valence electrons. The number of nitrogens with zero attached hydrogens (tertiary/aromatic N) is 3. The van der Waals surface area contributed by atoms with Gasteiger partial charge in [0.2, 0.25) is 0 Å². The van der Waals surface area contributed by atoms with E-state index in [0.29, 0.717) is 10.8 Å². The normalized spacial score (nSPS) is 30.0. The van der Waals surface area contributed by atoms with E-state index in [1.165, 1.54) is 89.0 Å². The summed E-state index contributed by atoms with van der Waals surface area (Å²) in [6.07, 6.45) is 18.7. The quantitative estimate of drug-likeness (QED) is 0.162. The highest BCUT2D eigenvalue weighted by atomic mass is 16.3. The van der Waals surface area contributed by atoms with Gasteiger partial charge in [-0.3, -0.25) is 0 Å². The van der Waals surface area contributed by atoms with Crippen molar-refractivity contribution in [3.8, 4) is 56.2 Å². The molecule has 0 aliphatic heterocycles. The maximum absolute atomic E-state index is 5.60. The molecule has 8 aliphatic carbocycles. The minimum atomic E-state index is 0.379. The molecule has 4 heteroatoms. The molecular weight excluding hydrogens is 719 g/mol. The molecular formula is C55H51N3O. The fraction of sp³-hybridized carbons (Fsp3) is 0.364. The van der Waals surface area contributed by atoms with Crippen LogP contribution in [0, 0.1) is 35.5 Å². The average Bonchev–Trinajstić information content (AvgIpc) is 3.75. The van der Waals surface area contributed by atoms with Crippen LogP contribution in [0.1, 0.15) is 88.2 Å². The smallest absolute Gasteiger partial charge is 0.182 e. The van der Waals surface area contributed by atoms with E-state index >= 15 is 0 Å². The summed E-state index contributed by atoms with van der Waals surface area (Å²) in [5.74, 6) is 6.41. The fourth-order valence-electron chi connectivity index (χ4n) is 14.6. The van der Waals surface area contributed by atoms with Gasteiger partial charge in [-0.2, -0.15) is 0 Å². The molecule has 0 saturated heterocycles. The molecule has 59 heavy (non-hydrogen) atoms. The van der Waals surface area contributed by atoms with E-state index in [2.05, 4.69) is 114 Å². The Hall–Kier alpha value is -5.35. The summed E-state index contributed by atoms with van der Waals surface area (Å²) < 4.78 is 5.60. The maximum Gasteiger partial charge on any atom is 0.182 e. The van der Waals surface area contributed by atoms with Crippen molar-refractivity contribution in [2.45, 2.75) is 87.9 Å². The van der Waals surface area contributed by atoms with Gasteiger partial charge in [0.25, 0.3) is 0 Å². The second-order valence-corrected chi connectivity index (χ2v) is 20.2. The molecule has 8 aliphatic rings. The van der Waals surface area contributed by atoms with Crippen LogP contribution in [-0.2, 0) is 10.8 Å². The van der Waals surface area contributed by atoms with Crippen molar-refractivity contribution in [2.75, 3.05) is 0 Å². The minimum absolute atomic E-state index is 0.379. The summed E-state index contributed by atoms with van der Waals surface area (Å²) in [6, 6.07) is 45.1. The van der Waals surface area contributed by atoms with Gasteiger partial charge in [-0.1, -0.05) is 103 Å². The van der Waals surface area contributed by atoms with Crippen molar-refractivity contribution in [3.05, 3.63) is 139 Å². The first-order chi connectivity index (χ1) is 29.0. The van der Waals surface area contributed by atoms with Crippen molar-refractivity contribution in [3.63, 3.8) is 0 Å². The van der Waals surface area contributed by atoms with Crippen molar-refractivity contribution >= 4 is 11.1 Å². The van der Waals surface area contributed by atoms with Crippen LogP contribution < -0.4 is 0 Å². The summed E-state index contributed by atoms with van der Waals surface area (Å²) in [7, 11) is 0. The third-order valence-corrected chi connectivity index (χ3v) is 16.4. The molecule has 0 radical (unpaired) electrons. The Kier molecular flexibility index (Phi) is 7.65. The summed E-state index contributed by atoms with van der Waals surface area (Å²) >= 11 is 0. The first kappa shape index (κ1) is 34.5. The Labute approximate surface area is 347 Å². The number of hydrogen-bond donors (Lipinski definition) is 0. The zero-order valence-corrected chi connectivity index (χ0v) is 33.8. The third kappa shape index (κ3) is 5.80. The Bertz CT molecular complexity index is 2550. The topological polar surface area (TPSA) is 51.8 Å². The predicted octanol–water partition coefficient (Wildman–Crippen LogP) is 13.9. The highest BCUT2D eigenvalue weighted by Gasteiger charge is 2.52. The van der Waals surface area contributed by atoms with E-state index in [-0.39, 0.29) is 0 Å². The summed E-state index contributed by atoms with van der Waals surface area (Å²) in [5.41, 5.74) is 15.4. The van der Waals surface area contributed by atoms with Crippen molar-refractivity contribution in [1.29, 1.82) is 0 Å². The van der Waals surface area contributed by atoms with Crippen LogP contribution in [0.2, 0.25) is 0 Å². The highest BCUT2D eigenvalue weighted by molar-refractivity contribution is 5.91. The fourth-order valence-corrected chi connectivity index (χ4v) is 14.6. The van der Waals surface area contributed by atoms with Gasteiger partial charge in [0.15, 0.2) is 17.8 Å². The zero-order valence-electron chi connectivity index (χ0n) is 33.8. The lowest BCUT2D eigenvalue weighted by molar-refractivity contribution is -0.00530. The summed E-state index contributed by atoms with van der Waals surface area (Å²) in [6.45, 7) is 0. The molecule has 7 aromatic rings. The summed E-state index contributed by atoms with van der Waals surface area (Å²) in [5, 5.41) is 0. The SMILES string of the molecule is c1cc(-c2ccc(-c3cc(-c4ccc(C56CC7CC(CC(C7)C5)C6)cc4)nc(-c4ccc(C56CC7CC(CC(C7)C5)C6)cc4)n3)cc2)cc(-c2cccc3ocnc23)c1. The molecule has 2 heterocycles. The lowest BCUT2D eigenvalue weighted by Gasteiger charge is -2.57. The molecule has 0 unspecified atom stereocenters. The van der Waals surface area contributed by atoms with Crippen molar-refractivity contribution in [2.24, 2.45) is 35.5 Å². The van der Waals surface area contributed by atoms with E-state index < -0.39 is 0 Å². The van der Waals surface area contributed by atoms with Gasteiger partial charge in [0.1, 0.15) is 5.52 Å². The van der Waals surface area contributed by atoms with Gasteiger partial charge in [-0.05, 0) is 169 Å². The van der Waals surface area contributed by atoms with Crippen molar-refractivity contribution < 1.29 is 4.42 Å². The Morgan fingerprint density at radius 3 is 1.42 bits per heavy atom. The number of para-hydroxylation sites is 1. The van der Waals surface area contributed by atoms with E-state index in [0.717, 1.165) is 97.2 Å². The number of rotatable bonds is 7. The largest absolute Gasteiger partial charge is 0.443 e. The van der Waals surface area contributed by atoms with Gasteiger partial charge < -0.3 is 4.42 Å². The maximum atomic E-state index is 5.60. The molecule has 0 N–H and O–H groups in total. The van der Waals surface area contributed by atoms with Crippen LogP contribution in [0.5, 0.6) is 0 Å². The second-order valence-electron chi connectivity index (χ2n) is 20.2. The number of benzene rings is 5. The standard InChI is InChI=1S/C55H51N3O/c1-3-44(25-45(4-1)48-5-2-6-51-52(48)56-33-59-51)40-7-9-41(10-8-40)49-26-50(42-11-15-46(16-12-42)54-27-34-19-35(28-54)21-36(20-34)29-54)58-53(57-49)43-13-17-47(18-14-43)55-30-37-22-38(31-55)24-39(23-37)32-55/h1-18,25-26,33-39H,19-24,27-32H2. The highest BCUT2D eigenvalue weighted by Crippen LogP contribution is 2.62. The van der Waals surface area contributed by atoms with Crippen LogP contribution in [0.25, 0.3) is 67.3 Å². The summed E-state index contributed by atoms with van der Waals surface area (Å²) in [4.78, 5) is 15.2. The van der Waals surface area contributed by atoms with Crippen molar-refractivity contribution in [1.82, 2.24) is 15.0 Å². The van der Waals surface area contributed by atoms with Crippen LogP contribution in [-0.4, -0.2) is 15.0 Å². The lowest BCUT2D eigenvalue weighted by Crippen LogP contribution is -2.48. The monoisotopic (exact) mass is 769 g/mol. The van der Waals surface area contributed by atoms with E-state index in [4.69, 9.17) is 14.4 Å². The van der Waals surface area contributed by atoms with E-state index in [1.54, 1.807) is 11.1 Å². The minimum Gasteiger partial charge on any atom is -0.443 e. The van der Waals surface area contributed by atoms with Crippen LogP contribution in [0.3, 0.4) is 0 Å². The third-order valence-electron chi connectivity index (χ3n) is 16.4. The van der Waals surface area contributed by atoms with Crippen LogP contribution in [0.15, 0.2) is 132 Å². The molecule has 5 aromatic carbocycles. The van der Waals surface area contributed by atoms with Gasteiger partial charge in [0.05, 0.1) is 11.4 Å². The first-order valence-corrected chi connectivity index (χ1v) is 22.6. The second kappa shape index (κ2) is 13.1. The molecule has 8 bridgehead atoms. The zero-order chi connectivity index (χ0) is 38.7. The van der Waals surface area contributed by atoms with Crippen LogP contribution in [0.4, 0.5) is 0 Å².